The molecule has 0 saturated carbocycles. The van der Waals surface area contributed by atoms with Crippen LogP contribution in [0.15, 0.2) is 12.1 Å². The highest BCUT2D eigenvalue weighted by molar-refractivity contribution is 6.02. The number of benzene rings is 1. The minimum atomic E-state index is -0.0910. The van der Waals surface area contributed by atoms with Crippen LogP contribution in [0, 0.1) is 0 Å². The molecule has 5 heteroatoms. The minimum absolute atomic E-state index is 0.0910. The van der Waals surface area contributed by atoms with Gasteiger partial charge in [0.05, 0.1) is 7.11 Å². The first-order valence-electron chi connectivity index (χ1n) is 5.47. The monoisotopic (exact) mass is 237 g/mol. The molecule has 92 valence electrons. The standard InChI is InChI=1S/C12H15NO4/c1-15-9-2-3-10-12(17-7-6-16-10)11(9)8(14)4-5-13/h2-3H,4-7,13H2,1H3. The number of carbonyl (C=O) groups is 1. The number of methoxy groups -OCH3 is 1. The second-order valence-corrected chi connectivity index (χ2v) is 3.63. The van der Waals surface area contributed by atoms with Gasteiger partial charge >= 0.3 is 0 Å². The molecule has 0 aromatic heterocycles. The van der Waals surface area contributed by atoms with Crippen LogP contribution in [0.4, 0.5) is 0 Å². The fourth-order valence-electron chi connectivity index (χ4n) is 1.79. The highest BCUT2D eigenvalue weighted by atomic mass is 16.6. The molecule has 0 fully saturated rings. The third-order valence-corrected chi connectivity index (χ3v) is 2.54. The Morgan fingerprint density at radius 1 is 1.41 bits per heavy atom. The van der Waals surface area contributed by atoms with Gasteiger partial charge in [0.25, 0.3) is 0 Å². The Hall–Kier alpha value is -1.75. The van der Waals surface area contributed by atoms with Gasteiger partial charge in [-0.15, -0.1) is 0 Å². The Balaban J connectivity index is 2.48. The maximum Gasteiger partial charge on any atom is 0.175 e. The molecule has 5 nitrogen and oxygen atoms in total. The molecule has 0 bridgehead atoms. The van der Waals surface area contributed by atoms with E-state index in [1.165, 1.54) is 7.11 Å². The fraction of sp³-hybridized carbons (Fsp3) is 0.417. The molecule has 0 amide bonds. The highest BCUT2D eigenvalue weighted by Crippen LogP contribution is 2.39. The quantitative estimate of drug-likeness (QED) is 0.791. The largest absolute Gasteiger partial charge is 0.496 e. The Morgan fingerprint density at radius 2 is 2.18 bits per heavy atom. The van der Waals surface area contributed by atoms with Gasteiger partial charge in [0.1, 0.15) is 24.5 Å². The molecule has 1 aromatic carbocycles. The van der Waals surface area contributed by atoms with Crippen LogP contribution < -0.4 is 19.9 Å². The maximum absolute atomic E-state index is 12.0. The second kappa shape index (κ2) is 5.05. The first kappa shape index (κ1) is 11.7. The van der Waals surface area contributed by atoms with Crippen molar-refractivity contribution in [2.24, 2.45) is 5.73 Å². The summed E-state index contributed by atoms with van der Waals surface area (Å²) in [6.07, 6.45) is 0.260. The third-order valence-electron chi connectivity index (χ3n) is 2.54. The summed E-state index contributed by atoms with van der Waals surface area (Å²) in [4.78, 5) is 12.0. The van der Waals surface area contributed by atoms with Crippen LogP contribution >= 0.6 is 0 Å². The average molecular weight is 237 g/mol. The Kier molecular flexibility index (Phi) is 3.49. The zero-order valence-corrected chi connectivity index (χ0v) is 9.69. The van der Waals surface area contributed by atoms with Crippen LogP contribution in [0.25, 0.3) is 0 Å². The molecule has 1 aliphatic heterocycles. The lowest BCUT2D eigenvalue weighted by atomic mass is 10.0. The van der Waals surface area contributed by atoms with Gasteiger partial charge in [-0.2, -0.15) is 0 Å². The van der Waals surface area contributed by atoms with Gasteiger partial charge < -0.3 is 19.9 Å². The maximum atomic E-state index is 12.0. The first-order chi connectivity index (χ1) is 8.27. The molecule has 0 aliphatic carbocycles. The number of carbonyl (C=O) groups excluding carboxylic acids is 1. The van der Waals surface area contributed by atoms with Crippen molar-refractivity contribution in [3.63, 3.8) is 0 Å². The van der Waals surface area contributed by atoms with Crippen LogP contribution in [0.5, 0.6) is 17.2 Å². The number of Topliss-reactive ketones (excluding diaryl/α,β-unsaturated/α-hetero) is 1. The van der Waals surface area contributed by atoms with Crippen molar-refractivity contribution < 1.29 is 19.0 Å². The molecule has 1 aliphatic rings. The number of hydrogen-bond donors (Lipinski definition) is 1. The van der Waals surface area contributed by atoms with Gasteiger partial charge in [0.15, 0.2) is 17.3 Å². The van der Waals surface area contributed by atoms with E-state index in [0.29, 0.717) is 42.6 Å². The summed E-state index contributed by atoms with van der Waals surface area (Å²) in [6.45, 7) is 1.22. The average Bonchev–Trinajstić information content (AvgIpc) is 2.37. The molecule has 0 unspecified atom stereocenters. The predicted octanol–water partition coefficient (Wildman–Crippen LogP) is 0.998. The highest BCUT2D eigenvalue weighted by Gasteiger charge is 2.24. The number of ether oxygens (including phenoxy) is 3. The van der Waals surface area contributed by atoms with Crippen molar-refractivity contribution in [1.82, 2.24) is 0 Å². The van der Waals surface area contributed by atoms with Crippen molar-refractivity contribution >= 4 is 5.78 Å². The summed E-state index contributed by atoms with van der Waals surface area (Å²) < 4.78 is 16.1. The molecule has 1 aromatic rings. The van der Waals surface area contributed by atoms with E-state index in [2.05, 4.69) is 0 Å². The van der Waals surface area contributed by atoms with E-state index < -0.39 is 0 Å². The topological polar surface area (TPSA) is 70.8 Å². The lowest BCUT2D eigenvalue weighted by molar-refractivity contribution is 0.0970. The van der Waals surface area contributed by atoms with Crippen molar-refractivity contribution in [3.8, 4) is 17.2 Å². The van der Waals surface area contributed by atoms with Crippen LogP contribution in [0.1, 0.15) is 16.8 Å². The summed E-state index contributed by atoms with van der Waals surface area (Å²) in [6, 6.07) is 3.45. The SMILES string of the molecule is COc1ccc2c(c1C(=O)CCN)OCCO2. The Bertz CT molecular complexity index is 431. The number of fused-ring (bicyclic) bond motifs is 1. The zero-order valence-electron chi connectivity index (χ0n) is 9.69. The van der Waals surface area contributed by atoms with Gasteiger partial charge in [-0.1, -0.05) is 0 Å². The molecule has 2 N–H and O–H groups in total. The summed E-state index contributed by atoms with van der Waals surface area (Å²) in [5, 5.41) is 0. The molecule has 0 radical (unpaired) electrons. The fourth-order valence-corrected chi connectivity index (χ4v) is 1.79. The minimum Gasteiger partial charge on any atom is -0.496 e. The predicted molar refractivity (Wildman–Crippen MR) is 62.0 cm³/mol. The third kappa shape index (κ3) is 2.19. The van der Waals surface area contributed by atoms with Gasteiger partial charge in [0, 0.05) is 6.42 Å². The van der Waals surface area contributed by atoms with Crippen molar-refractivity contribution in [1.29, 1.82) is 0 Å². The van der Waals surface area contributed by atoms with Gasteiger partial charge in [-0.3, -0.25) is 4.79 Å². The molecule has 0 spiro atoms. The zero-order chi connectivity index (χ0) is 12.3. The van der Waals surface area contributed by atoms with Crippen molar-refractivity contribution in [3.05, 3.63) is 17.7 Å². The van der Waals surface area contributed by atoms with E-state index >= 15 is 0 Å². The van der Waals surface area contributed by atoms with Crippen LogP contribution in [0.2, 0.25) is 0 Å². The van der Waals surface area contributed by atoms with Crippen molar-refractivity contribution in [2.75, 3.05) is 26.9 Å². The summed E-state index contributed by atoms with van der Waals surface area (Å²) in [7, 11) is 1.52. The van der Waals surface area contributed by atoms with Gasteiger partial charge in [0.2, 0.25) is 0 Å². The van der Waals surface area contributed by atoms with E-state index in [-0.39, 0.29) is 12.2 Å². The van der Waals surface area contributed by atoms with E-state index in [0.717, 1.165) is 0 Å². The first-order valence-corrected chi connectivity index (χ1v) is 5.47. The number of rotatable bonds is 4. The normalized spacial score (nSPS) is 13.3. The van der Waals surface area contributed by atoms with E-state index in [1.807, 2.05) is 0 Å². The molecule has 17 heavy (non-hydrogen) atoms. The lowest BCUT2D eigenvalue weighted by Crippen LogP contribution is -2.19. The number of ketones is 1. The molecular formula is C12H15NO4. The summed E-state index contributed by atoms with van der Waals surface area (Å²) in [5.74, 6) is 1.45. The lowest BCUT2D eigenvalue weighted by Gasteiger charge is -2.22. The van der Waals surface area contributed by atoms with E-state index in [1.54, 1.807) is 12.1 Å². The molecular weight excluding hydrogens is 222 g/mol. The van der Waals surface area contributed by atoms with Crippen LogP contribution in [-0.4, -0.2) is 32.7 Å². The smallest absolute Gasteiger partial charge is 0.175 e. The molecule has 2 rings (SSSR count). The summed E-state index contributed by atoms with van der Waals surface area (Å²) in [5.41, 5.74) is 5.83. The molecule has 1 heterocycles. The Morgan fingerprint density at radius 3 is 2.88 bits per heavy atom. The number of nitrogens with two attached hydrogens (primary N) is 1. The van der Waals surface area contributed by atoms with Crippen molar-refractivity contribution in [2.45, 2.75) is 6.42 Å². The van der Waals surface area contributed by atoms with E-state index in [9.17, 15) is 4.79 Å². The Labute approximate surface area is 99.5 Å². The van der Waals surface area contributed by atoms with Crippen LogP contribution in [-0.2, 0) is 0 Å². The molecule has 0 saturated heterocycles. The molecule has 0 atom stereocenters. The number of hydrogen-bond acceptors (Lipinski definition) is 5. The summed E-state index contributed by atoms with van der Waals surface area (Å²) >= 11 is 0. The van der Waals surface area contributed by atoms with Gasteiger partial charge in [-0.25, -0.2) is 0 Å². The van der Waals surface area contributed by atoms with Crippen LogP contribution in [0.3, 0.4) is 0 Å². The van der Waals surface area contributed by atoms with E-state index in [4.69, 9.17) is 19.9 Å². The second-order valence-electron chi connectivity index (χ2n) is 3.63. The van der Waals surface area contributed by atoms with Gasteiger partial charge in [-0.05, 0) is 18.7 Å².